The van der Waals surface area contributed by atoms with E-state index < -0.39 is 0 Å². The van der Waals surface area contributed by atoms with Gasteiger partial charge < -0.3 is 0 Å². The van der Waals surface area contributed by atoms with Crippen LogP contribution in [0.5, 0.6) is 0 Å². The van der Waals surface area contributed by atoms with Gasteiger partial charge in [0.1, 0.15) is 0 Å². The molecule has 0 fully saturated rings. The summed E-state index contributed by atoms with van der Waals surface area (Å²) in [6, 6.07) is 16.9. The number of fused-ring (bicyclic) bond motifs is 2. The Morgan fingerprint density at radius 3 is 2.45 bits per heavy atom. The van der Waals surface area contributed by atoms with Crippen molar-refractivity contribution in [2.75, 3.05) is 0 Å². The fourth-order valence-electron chi connectivity index (χ4n) is 2.48. The number of thiophene rings is 1. The first kappa shape index (κ1) is 12.1. The minimum atomic E-state index is 1.16. The molecule has 0 unspecified atom stereocenters. The van der Waals surface area contributed by atoms with Crippen LogP contribution in [0.3, 0.4) is 0 Å². The Labute approximate surface area is 129 Å². The number of aromatic nitrogens is 1. The van der Waals surface area contributed by atoms with Crippen molar-refractivity contribution in [2.45, 2.75) is 0 Å². The molecule has 0 atom stereocenters. The van der Waals surface area contributed by atoms with Gasteiger partial charge in [-0.3, -0.25) is 4.98 Å². The summed E-state index contributed by atoms with van der Waals surface area (Å²) < 4.78 is 2.46. The third kappa shape index (κ3) is 1.78. The fourth-order valence-corrected chi connectivity index (χ4v) is 4.54. The predicted octanol–water partition coefficient (Wildman–Crippen LogP) is 5.88. The molecule has 2 aromatic heterocycles. The van der Waals surface area contributed by atoms with Crippen LogP contribution in [0.2, 0.25) is 0 Å². The molecule has 0 N–H and O–H groups in total. The third-order valence-electron chi connectivity index (χ3n) is 3.45. The summed E-state index contributed by atoms with van der Waals surface area (Å²) in [6.07, 6.45) is 3.87. The van der Waals surface area contributed by atoms with Gasteiger partial charge in [0.15, 0.2) is 0 Å². The molecule has 4 rings (SSSR count). The van der Waals surface area contributed by atoms with Crippen LogP contribution in [0.25, 0.3) is 31.3 Å². The number of halogens is 1. The van der Waals surface area contributed by atoms with Gasteiger partial charge in [0.05, 0.1) is 4.88 Å². The van der Waals surface area contributed by atoms with Gasteiger partial charge in [-0.1, -0.05) is 42.5 Å². The standard InChI is InChI=1S/C17H10BrNS/c18-16-13-7-3-4-8-15(13)20-17(16)14-10-19-9-11-5-1-2-6-12(11)14/h1-10H. The van der Waals surface area contributed by atoms with E-state index in [2.05, 4.69) is 63.4 Å². The maximum absolute atomic E-state index is 4.39. The number of rotatable bonds is 1. The van der Waals surface area contributed by atoms with E-state index in [1.807, 2.05) is 18.5 Å². The van der Waals surface area contributed by atoms with Gasteiger partial charge >= 0.3 is 0 Å². The Balaban J connectivity index is 2.09. The second kappa shape index (κ2) is 4.69. The number of benzene rings is 2. The summed E-state index contributed by atoms with van der Waals surface area (Å²) >= 11 is 5.56. The van der Waals surface area contributed by atoms with Crippen molar-refractivity contribution in [3.63, 3.8) is 0 Å². The Bertz CT molecular complexity index is 921. The van der Waals surface area contributed by atoms with E-state index in [1.54, 1.807) is 11.3 Å². The fraction of sp³-hybridized carbons (Fsp3) is 0. The monoisotopic (exact) mass is 339 g/mol. The molecular formula is C17H10BrNS. The van der Waals surface area contributed by atoms with Crippen LogP contribution >= 0.6 is 27.3 Å². The summed E-state index contributed by atoms with van der Waals surface area (Å²) in [4.78, 5) is 5.63. The zero-order valence-electron chi connectivity index (χ0n) is 10.5. The van der Waals surface area contributed by atoms with Gasteiger partial charge in [-0.25, -0.2) is 0 Å². The molecule has 0 aliphatic heterocycles. The molecule has 96 valence electrons. The van der Waals surface area contributed by atoms with Gasteiger partial charge in [-0.05, 0) is 27.4 Å². The molecule has 2 aromatic carbocycles. The van der Waals surface area contributed by atoms with Crippen LogP contribution in [-0.2, 0) is 0 Å². The molecule has 1 nitrogen and oxygen atoms in total. The Morgan fingerprint density at radius 2 is 1.60 bits per heavy atom. The van der Waals surface area contributed by atoms with E-state index in [0.717, 1.165) is 4.47 Å². The summed E-state index contributed by atoms with van der Waals surface area (Å²) in [5, 5.41) is 3.68. The maximum Gasteiger partial charge on any atom is 0.0519 e. The molecule has 4 aromatic rings. The minimum Gasteiger partial charge on any atom is -0.263 e. The molecule has 0 amide bonds. The maximum atomic E-state index is 4.39. The molecular weight excluding hydrogens is 330 g/mol. The van der Waals surface area contributed by atoms with E-state index in [1.165, 1.54) is 31.3 Å². The smallest absolute Gasteiger partial charge is 0.0519 e. The summed E-state index contributed by atoms with van der Waals surface area (Å²) in [7, 11) is 0. The number of hydrogen-bond acceptors (Lipinski definition) is 2. The lowest BCUT2D eigenvalue weighted by molar-refractivity contribution is 1.37. The molecule has 0 bridgehead atoms. The lowest BCUT2D eigenvalue weighted by Crippen LogP contribution is -1.81. The first-order valence-corrected chi connectivity index (χ1v) is 7.96. The lowest BCUT2D eigenvalue weighted by atomic mass is 10.1. The number of nitrogens with zero attached hydrogens (tertiary/aromatic N) is 1. The zero-order valence-corrected chi connectivity index (χ0v) is 12.9. The van der Waals surface area contributed by atoms with Crippen molar-refractivity contribution in [3.8, 4) is 10.4 Å². The van der Waals surface area contributed by atoms with E-state index in [9.17, 15) is 0 Å². The Hall–Kier alpha value is -1.71. The van der Waals surface area contributed by atoms with Gasteiger partial charge in [0.2, 0.25) is 0 Å². The first-order valence-electron chi connectivity index (χ1n) is 6.35. The van der Waals surface area contributed by atoms with Crippen LogP contribution in [0.1, 0.15) is 0 Å². The quantitative estimate of drug-likeness (QED) is 0.422. The highest BCUT2D eigenvalue weighted by molar-refractivity contribution is 9.10. The molecule has 20 heavy (non-hydrogen) atoms. The van der Waals surface area contributed by atoms with Gasteiger partial charge in [-0.15, -0.1) is 11.3 Å². The van der Waals surface area contributed by atoms with Crippen LogP contribution in [0, 0.1) is 0 Å². The lowest BCUT2D eigenvalue weighted by Gasteiger charge is -2.04. The molecule has 3 heteroatoms. The van der Waals surface area contributed by atoms with Gasteiger partial charge in [0, 0.05) is 37.9 Å². The van der Waals surface area contributed by atoms with E-state index in [-0.39, 0.29) is 0 Å². The number of pyridine rings is 1. The van der Waals surface area contributed by atoms with E-state index in [4.69, 9.17) is 0 Å². The van der Waals surface area contributed by atoms with Crippen molar-refractivity contribution in [3.05, 3.63) is 65.4 Å². The topological polar surface area (TPSA) is 12.9 Å². The second-order valence-corrected chi connectivity index (χ2v) is 6.49. The van der Waals surface area contributed by atoms with Crippen LogP contribution in [0.4, 0.5) is 0 Å². The van der Waals surface area contributed by atoms with Crippen molar-refractivity contribution in [1.82, 2.24) is 4.98 Å². The van der Waals surface area contributed by atoms with Crippen molar-refractivity contribution >= 4 is 48.1 Å². The molecule has 0 radical (unpaired) electrons. The molecule has 0 spiro atoms. The van der Waals surface area contributed by atoms with Crippen LogP contribution < -0.4 is 0 Å². The highest BCUT2D eigenvalue weighted by Crippen LogP contribution is 2.43. The van der Waals surface area contributed by atoms with Crippen molar-refractivity contribution < 1.29 is 0 Å². The van der Waals surface area contributed by atoms with Gasteiger partial charge in [0.25, 0.3) is 0 Å². The van der Waals surface area contributed by atoms with Gasteiger partial charge in [-0.2, -0.15) is 0 Å². The van der Waals surface area contributed by atoms with Crippen LogP contribution in [-0.4, -0.2) is 4.98 Å². The SMILES string of the molecule is Brc1c(-c2cncc3ccccc23)sc2ccccc12. The molecule has 0 saturated heterocycles. The number of hydrogen-bond donors (Lipinski definition) is 0. The Morgan fingerprint density at radius 1 is 0.850 bits per heavy atom. The van der Waals surface area contributed by atoms with Crippen molar-refractivity contribution in [1.29, 1.82) is 0 Å². The Kier molecular flexibility index (Phi) is 2.83. The molecule has 0 aliphatic rings. The minimum absolute atomic E-state index is 1.16. The average Bonchev–Trinajstić information content (AvgIpc) is 2.84. The summed E-state index contributed by atoms with van der Waals surface area (Å²) in [5.74, 6) is 0. The highest BCUT2D eigenvalue weighted by Gasteiger charge is 2.13. The largest absolute Gasteiger partial charge is 0.263 e. The summed E-state index contributed by atoms with van der Waals surface area (Å²) in [5.41, 5.74) is 1.19. The van der Waals surface area contributed by atoms with E-state index >= 15 is 0 Å². The molecule has 0 aliphatic carbocycles. The summed E-state index contributed by atoms with van der Waals surface area (Å²) in [6.45, 7) is 0. The van der Waals surface area contributed by atoms with Crippen LogP contribution in [0.15, 0.2) is 65.4 Å². The average molecular weight is 340 g/mol. The molecule has 0 saturated carbocycles. The highest BCUT2D eigenvalue weighted by atomic mass is 79.9. The normalized spacial score (nSPS) is 11.2. The second-order valence-electron chi connectivity index (χ2n) is 4.65. The van der Waals surface area contributed by atoms with Crippen molar-refractivity contribution in [2.24, 2.45) is 0 Å². The zero-order chi connectivity index (χ0) is 13.5. The van der Waals surface area contributed by atoms with E-state index in [0.29, 0.717) is 0 Å². The predicted molar refractivity (Wildman–Crippen MR) is 90.3 cm³/mol. The first-order chi connectivity index (χ1) is 9.84. The third-order valence-corrected chi connectivity index (χ3v) is 5.74. The molecule has 2 heterocycles.